The quantitative estimate of drug-likeness (QED) is 0.745. The smallest absolute Gasteiger partial charge is 0.321 e. The number of hydrogen-bond acceptors (Lipinski definition) is 3. The van der Waals surface area contributed by atoms with Gasteiger partial charge in [0.25, 0.3) is 0 Å². The van der Waals surface area contributed by atoms with Crippen LogP contribution in [0.3, 0.4) is 0 Å². The Morgan fingerprint density at radius 1 is 1.40 bits per heavy atom. The molecule has 0 atom stereocenters. The Morgan fingerprint density at radius 2 is 2.20 bits per heavy atom. The number of methoxy groups -OCH3 is 1. The number of nitrogens with one attached hydrogen (secondary N) is 1. The average molecular weight is 344 g/mol. The first-order chi connectivity index (χ1) is 12.0. The highest BCUT2D eigenvalue weighted by Gasteiger charge is 2.10. The fourth-order valence-corrected chi connectivity index (χ4v) is 2.67. The molecule has 6 nitrogen and oxygen atoms in total. The Morgan fingerprint density at radius 3 is 2.92 bits per heavy atom. The third kappa shape index (κ3) is 5.60. The van der Waals surface area contributed by atoms with E-state index in [4.69, 9.17) is 4.74 Å². The minimum absolute atomic E-state index is 0.112. The first-order valence-corrected chi connectivity index (χ1v) is 8.62. The van der Waals surface area contributed by atoms with Gasteiger partial charge >= 0.3 is 6.03 Å². The van der Waals surface area contributed by atoms with Crippen LogP contribution in [-0.2, 0) is 11.3 Å². The summed E-state index contributed by atoms with van der Waals surface area (Å²) in [6.45, 7) is 6.31. The molecule has 25 heavy (non-hydrogen) atoms. The Kier molecular flexibility index (Phi) is 7.01. The van der Waals surface area contributed by atoms with E-state index >= 15 is 0 Å². The molecule has 1 heterocycles. The molecule has 0 aliphatic heterocycles. The zero-order chi connectivity index (χ0) is 18.2. The van der Waals surface area contributed by atoms with Gasteiger partial charge in [-0.05, 0) is 24.1 Å². The van der Waals surface area contributed by atoms with E-state index in [1.165, 1.54) is 0 Å². The van der Waals surface area contributed by atoms with Crippen LogP contribution in [0.1, 0.15) is 37.6 Å². The zero-order valence-electron chi connectivity index (χ0n) is 15.5. The van der Waals surface area contributed by atoms with Gasteiger partial charge in [0.2, 0.25) is 0 Å². The third-order valence-electron chi connectivity index (χ3n) is 3.98. The molecule has 2 amide bonds. The minimum atomic E-state index is -0.112. The van der Waals surface area contributed by atoms with E-state index in [1.54, 1.807) is 19.1 Å². The molecule has 0 saturated heterocycles. The molecule has 0 bridgehead atoms. The van der Waals surface area contributed by atoms with Crippen LogP contribution in [0, 0.1) is 0 Å². The van der Waals surface area contributed by atoms with Gasteiger partial charge in [0.05, 0.1) is 0 Å². The van der Waals surface area contributed by atoms with Crippen molar-refractivity contribution in [3.8, 4) is 0 Å². The number of urea groups is 1. The maximum atomic E-state index is 12.2. The van der Waals surface area contributed by atoms with Crippen LogP contribution in [0.25, 0.3) is 0 Å². The van der Waals surface area contributed by atoms with E-state index in [-0.39, 0.29) is 6.03 Å². The van der Waals surface area contributed by atoms with Crippen molar-refractivity contribution in [3.63, 3.8) is 0 Å². The molecule has 0 aliphatic rings. The number of rotatable bonds is 8. The molecule has 0 aliphatic carbocycles. The molecule has 0 fully saturated rings. The molecule has 2 rings (SSSR count). The van der Waals surface area contributed by atoms with Gasteiger partial charge < -0.3 is 19.5 Å². The number of carbonyl (C=O) groups is 1. The topological polar surface area (TPSA) is 59.4 Å². The van der Waals surface area contributed by atoms with Gasteiger partial charge in [-0.15, -0.1) is 0 Å². The van der Waals surface area contributed by atoms with Crippen LogP contribution in [0.4, 0.5) is 10.5 Å². The lowest BCUT2D eigenvalue weighted by Crippen LogP contribution is -2.32. The Labute approximate surface area is 149 Å². The number of imidazole rings is 1. The lowest BCUT2D eigenvalue weighted by atomic mass is 10.1. The maximum Gasteiger partial charge on any atom is 0.321 e. The Hall–Kier alpha value is -2.34. The summed E-state index contributed by atoms with van der Waals surface area (Å²) in [4.78, 5) is 18.3. The second-order valence-corrected chi connectivity index (χ2v) is 6.47. The van der Waals surface area contributed by atoms with E-state index in [0.717, 1.165) is 30.0 Å². The van der Waals surface area contributed by atoms with Gasteiger partial charge in [-0.2, -0.15) is 0 Å². The molecule has 0 radical (unpaired) electrons. The molecule has 1 aromatic heterocycles. The fourth-order valence-electron chi connectivity index (χ4n) is 2.67. The molecule has 6 heteroatoms. The summed E-state index contributed by atoms with van der Waals surface area (Å²) in [5.74, 6) is 1.44. The third-order valence-corrected chi connectivity index (χ3v) is 3.98. The lowest BCUT2D eigenvalue weighted by molar-refractivity contribution is 0.179. The predicted molar refractivity (Wildman–Crippen MR) is 100 cm³/mol. The summed E-state index contributed by atoms with van der Waals surface area (Å²) in [5.41, 5.74) is 1.92. The highest BCUT2D eigenvalue weighted by atomic mass is 16.5. The molecule has 136 valence electrons. The van der Waals surface area contributed by atoms with Crippen LogP contribution in [0.2, 0.25) is 0 Å². The molecular formula is C19H28N4O2. The van der Waals surface area contributed by atoms with Gasteiger partial charge in [0.1, 0.15) is 5.82 Å². The standard InChI is InChI=1S/C19H28N4O2/c1-15(2)18-20-9-11-23(18)14-16-7-5-8-17(13-16)21-19(24)22(3)10-6-12-25-4/h5,7-9,11,13,15H,6,10,12,14H2,1-4H3,(H,21,24). The molecule has 0 spiro atoms. The molecule has 0 saturated carbocycles. The van der Waals surface area contributed by atoms with Crippen LogP contribution in [0.15, 0.2) is 36.7 Å². The number of benzene rings is 1. The summed E-state index contributed by atoms with van der Waals surface area (Å²) in [6, 6.07) is 7.81. The number of amides is 2. The summed E-state index contributed by atoms with van der Waals surface area (Å²) in [5, 5.41) is 2.95. The van der Waals surface area contributed by atoms with Gasteiger partial charge in [-0.1, -0.05) is 26.0 Å². The van der Waals surface area contributed by atoms with E-state index in [0.29, 0.717) is 19.1 Å². The highest BCUT2D eigenvalue weighted by Crippen LogP contribution is 2.16. The zero-order valence-corrected chi connectivity index (χ0v) is 15.5. The Balaban J connectivity index is 1.99. The summed E-state index contributed by atoms with van der Waals surface area (Å²) in [7, 11) is 3.45. The maximum absolute atomic E-state index is 12.2. The molecular weight excluding hydrogens is 316 g/mol. The molecule has 0 unspecified atom stereocenters. The molecule has 2 aromatic rings. The lowest BCUT2D eigenvalue weighted by Gasteiger charge is -2.18. The molecule has 1 N–H and O–H groups in total. The number of ether oxygens (including phenoxy) is 1. The van der Waals surface area contributed by atoms with Crippen LogP contribution < -0.4 is 5.32 Å². The summed E-state index contributed by atoms with van der Waals surface area (Å²) in [6.07, 6.45) is 4.64. The normalized spacial score (nSPS) is 10.9. The van der Waals surface area contributed by atoms with Crippen molar-refractivity contribution < 1.29 is 9.53 Å². The van der Waals surface area contributed by atoms with Crippen molar-refractivity contribution in [1.82, 2.24) is 14.5 Å². The van der Waals surface area contributed by atoms with Gasteiger partial charge in [-0.3, -0.25) is 0 Å². The number of nitrogens with zero attached hydrogens (tertiary/aromatic N) is 3. The van der Waals surface area contributed by atoms with Crippen molar-refractivity contribution in [2.24, 2.45) is 0 Å². The SMILES string of the molecule is COCCCN(C)C(=O)Nc1cccc(Cn2ccnc2C(C)C)c1. The minimum Gasteiger partial charge on any atom is -0.385 e. The van der Waals surface area contributed by atoms with Gasteiger partial charge in [0, 0.05) is 57.9 Å². The predicted octanol–water partition coefficient (Wildman–Crippen LogP) is 3.56. The number of anilines is 1. The average Bonchev–Trinajstić information content (AvgIpc) is 3.03. The first-order valence-electron chi connectivity index (χ1n) is 8.62. The van der Waals surface area contributed by atoms with Crippen molar-refractivity contribution in [3.05, 3.63) is 48.0 Å². The summed E-state index contributed by atoms with van der Waals surface area (Å²) < 4.78 is 7.16. The van der Waals surface area contributed by atoms with Crippen molar-refractivity contribution in [2.45, 2.75) is 32.7 Å². The first kappa shape index (κ1) is 19.0. The van der Waals surface area contributed by atoms with Gasteiger partial charge in [-0.25, -0.2) is 9.78 Å². The number of carbonyl (C=O) groups excluding carboxylic acids is 1. The number of hydrogen-bond donors (Lipinski definition) is 1. The monoisotopic (exact) mass is 344 g/mol. The van der Waals surface area contributed by atoms with Crippen molar-refractivity contribution >= 4 is 11.7 Å². The van der Waals surface area contributed by atoms with Gasteiger partial charge in [0.15, 0.2) is 0 Å². The van der Waals surface area contributed by atoms with E-state index in [9.17, 15) is 4.79 Å². The van der Waals surface area contributed by atoms with Crippen molar-refractivity contribution in [2.75, 3.05) is 32.6 Å². The highest BCUT2D eigenvalue weighted by molar-refractivity contribution is 5.89. The number of aromatic nitrogens is 2. The molecule has 1 aromatic carbocycles. The Bertz CT molecular complexity index is 682. The van der Waals surface area contributed by atoms with Crippen LogP contribution in [-0.4, -0.2) is 47.8 Å². The van der Waals surface area contributed by atoms with Crippen LogP contribution in [0.5, 0.6) is 0 Å². The van der Waals surface area contributed by atoms with Crippen LogP contribution >= 0.6 is 0 Å². The second-order valence-electron chi connectivity index (χ2n) is 6.47. The largest absolute Gasteiger partial charge is 0.385 e. The van der Waals surface area contributed by atoms with E-state index < -0.39 is 0 Å². The van der Waals surface area contributed by atoms with Crippen molar-refractivity contribution in [1.29, 1.82) is 0 Å². The second kappa shape index (κ2) is 9.22. The summed E-state index contributed by atoms with van der Waals surface area (Å²) >= 11 is 0. The fraction of sp³-hybridized carbons (Fsp3) is 0.474. The van der Waals surface area contributed by atoms with E-state index in [2.05, 4.69) is 34.8 Å². The van der Waals surface area contributed by atoms with E-state index in [1.807, 2.05) is 30.6 Å².